The third-order valence-corrected chi connectivity index (χ3v) is 3.44. The number of carbonyl (C=O) groups is 1. The highest BCUT2D eigenvalue weighted by molar-refractivity contribution is 6.30. The predicted octanol–water partition coefficient (Wildman–Crippen LogP) is 3.12. The topological polar surface area (TPSA) is 57.2 Å². The number of nitrogens with zero attached hydrogens (tertiary/aromatic N) is 1. The van der Waals surface area contributed by atoms with Crippen LogP contribution in [0, 0.1) is 0 Å². The normalized spacial score (nSPS) is 10.6. The van der Waals surface area contributed by atoms with Gasteiger partial charge < -0.3 is 15.0 Å². The second-order valence-electron chi connectivity index (χ2n) is 4.55. The van der Waals surface area contributed by atoms with Crippen LogP contribution in [-0.4, -0.2) is 17.6 Å². The van der Waals surface area contributed by atoms with Crippen LogP contribution in [0.4, 0.5) is 5.69 Å². The summed E-state index contributed by atoms with van der Waals surface area (Å²) in [7, 11) is 1.37. The van der Waals surface area contributed by atoms with E-state index in [1.165, 1.54) is 7.11 Å². The third kappa shape index (κ3) is 2.96. The summed E-state index contributed by atoms with van der Waals surface area (Å²) in [5, 5.41) is 0.622. The second kappa shape index (κ2) is 6.01. The van der Waals surface area contributed by atoms with Crippen molar-refractivity contribution in [2.24, 2.45) is 0 Å². The molecule has 2 aromatic rings. The monoisotopic (exact) mass is 292 g/mol. The van der Waals surface area contributed by atoms with Crippen LogP contribution >= 0.6 is 11.6 Å². The zero-order valence-electron chi connectivity index (χ0n) is 11.5. The van der Waals surface area contributed by atoms with E-state index in [-0.39, 0.29) is 5.97 Å². The summed E-state index contributed by atoms with van der Waals surface area (Å²) in [4.78, 5) is 11.8. The van der Waals surface area contributed by atoms with E-state index in [4.69, 9.17) is 22.1 Å². The van der Waals surface area contributed by atoms with E-state index in [1.54, 1.807) is 12.1 Å². The summed E-state index contributed by atoms with van der Waals surface area (Å²) >= 11 is 5.99. The van der Waals surface area contributed by atoms with Crippen LogP contribution in [0.1, 0.15) is 28.5 Å². The van der Waals surface area contributed by atoms with Crippen molar-refractivity contribution in [3.63, 3.8) is 0 Å². The molecular weight excluding hydrogens is 276 g/mol. The van der Waals surface area contributed by atoms with Crippen molar-refractivity contribution in [3.8, 4) is 0 Å². The van der Waals surface area contributed by atoms with Gasteiger partial charge in [-0.25, -0.2) is 4.79 Å². The number of aryl methyl sites for hydroxylation is 1. The Bertz CT molecular complexity index is 635. The first-order valence-electron chi connectivity index (χ1n) is 6.36. The molecule has 2 N–H and O–H groups in total. The Balaban J connectivity index is 2.39. The van der Waals surface area contributed by atoms with Gasteiger partial charge in [0.15, 0.2) is 0 Å². The van der Waals surface area contributed by atoms with Crippen LogP contribution in [0.2, 0.25) is 5.02 Å². The van der Waals surface area contributed by atoms with Crippen molar-refractivity contribution in [1.82, 2.24) is 4.57 Å². The molecule has 1 aromatic carbocycles. The fraction of sp³-hybridized carbons (Fsp3) is 0.267. The van der Waals surface area contributed by atoms with Gasteiger partial charge in [0, 0.05) is 23.5 Å². The van der Waals surface area contributed by atoms with Gasteiger partial charge in [-0.1, -0.05) is 18.5 Å². The molecule has 0 atom stereocenters. The molecule has 106 valence electrons. The number of anilines is 1. The molecule has 2 rings (SSSR count). The standard InChI is InChI=1S/C15H17ClN2O2/c1-3-10-6-14(15(19)20-2)18(8-10)9-11-7-12(16)4-5-13(11)17/h4-8H,3,9,17H2,1-2H3. The number of aromatic nitrogens is 1. The van der Waals surface area contributed by atoms with Gasteiger partial charge in [0.1, 0.15) is 5.69 Å². The van der Waals surface area contributed by atoms with Crippen LogP contribution in [0.25, 0.3) is 0 Å². The van der Waals surface area contributed by atoms with Gasteiger partial charge in [-0.15, -0.1) is 0 Å². The number of rotatable bonds is 4. The highest BCUT2D eigenvalue weighted by Gasteiger charge is 2.14. The number of hydrogen-bond donors (Lipinski definition) is 1. The van der Waals surface area contributed by atoms with Gasteiger partial charge in [-0.2, -0.15) is 0 Å². The minimum Gasteiger partial charge on any atom is -0.464 e. The van der Waals surface area contributed by atoms with Crippen molar-refractivity contribution in [1.29, 1.82) is 0 Å². The van der Waals surface area contributed by atoms with E-state index in [2.05, 4.69) is 0 Å². The van der Waals surface area contributed by atoms with E-state index < -0.39 is 0 Å². The minimum absolute atomic E-state index is 0.356. The van der Waals surface area contributed by atoms with Gasteiger partial charge >= 0.3 is 5.97 Å². The molecule has 4 nitrogen and oxygen atoms in total. The molecule has 0 spiro atoms. The summed E-state index contributed by atoms with van der Waals surface area (Å²) in [6.07, 6.45) is 2.79. The number of nitrogen functional groups attached to an aromatic ring is 1. The summed E-state index contributed by atoms with van der Waals surface area (Å²) in [6, 6.07) is 7.16. The Morgan fingerprint density at radius 2 is 2.15 bits per heavy atom. The van der Waals surface area contributed by atoms with Crippen molar-refractivity contribution in [2.75, 3.05) is 12.8 Å². The molecule has 0 aliphatic heterocycles. The molecule has 0 unspecified atom stereocenters. The van der Waals surface area contributed by atoms with Crippen molar-refractivity contribution >= 4 is 23.3 Å². The number of ether oxygens (including phenoxy) is 1. The Morgan fingerprint density at radius 1 is 1.40 bits per heavy atom. The molecule has 0 aliphatic rings. The van der Waals surface area contributed by atoms with E-state index >= 15 is 0 Å². The number of methoxy groups -OCH3 is 1. The van der Waals surface area contributed by atoms with E-state index in [0.717, 1.165) is 17.5 Å². The molecule has 1 heterocycles. The zero-order valence-corrected chi connectivity index (χ0v) is 12.3. The van der Waals surface area contributed by atoms with Gasteiger partial charge in [-0.3, -0.25) is 0 Å². The Hall–Kier alpha value is -1.94. The van der Waals surface area contributed by atoms with Crippen molar-refractivity contribution in [3.05, 3.63) is 52.3 Å². The van der Waals surface area contributed by atoms with Crippen LogP contribution in [0.15, 0.2) is 30.5 Å². The molecular formula is C15H17ClN2O2. The van der Waals surface area contributed by atoms with Gasteiger partial charge in [0.25, 0.3) is 0 Å². The number of carbonyl (C=O) groups excluding carboxylic acids is 1. The van der Waals surface area contributed by atoms with Gasteiger partial charge in [0.05, 0.1) is 7.11 Å². The Labute approximate surface area is 123 Å². The number of hydrogen-bond acceptors (Lipinski definition) is 3. The molecule has 5 heteroatoms. The quantitative estimate of drug-likeness (QED) is 0.696. The maximum Gasteiger partial charge on any atom is 0.354 e. The first-order valence-corrected chi connectivity index (χ1v) is 6.74. The molecule has 0 radical (unpaired) electrons. The zero-order chi connectivity index (χ0) is 14.7. The molecule has 1 aromatic heterocycles. The van der Waals surface area contributed by atoms with Crippen LogP contribution < -0.4 is 5.73 Å². The maximum atomic E-state index is 11.8. The number of esters is 1. The van der Waals surface area contributed by atoms with Crippen LogP contribution in [0.5, 0.6) is 0 Å². The smallest absolute Gasteiger partial charge is 0.354 e. The van der Waals surface area contributed by atoms with Crippen molar-refractivity contribution in [2.45, 2.75) is 19.9 Å². The van der Waals surface area contributed by atoms with E-state index in [9.17, 15) is 4.79 Å². The highest BCUT2D eigenvalue weighted by Crippen LogP contribution is 2.21. The molecule has 0 bridgehead atoms. The number of halogens is 1. The number of benzene rings is 1. The Kier molecular flexibility index (Phi) is 4.35. The molecule has 20 heavy (non-hydrogen) atoms. The molecule has 0 saturated heterocycles. The molecule has 0 amide bonds. The summed E-state index contributed by atoms with van der Waals surface area (Å²) in [5.74, 6) is -0.356. The maximum absolute atomic E-state index is 11.8. The lowest BCUT2D eigenvalue weighted by Crippen LogP contribution is -2.11. The predicted molar refractivity (Wildman–Crippen MR) is 80.1 cm³/mol. The lowest BCUT2D eigenvalue weighted by molar-refractivity contribution is 0.0589. The van der Waals surface area contributed by atoms with E-state index in [1.807, 2.05) is 29.8 Å². The summed E-state index contributed by atoms with van der Waals surface area (Å²) in [5.41, 5.74) is 9.07. The average molecular weight is 293 g/mol. The fourth-order valence-electron chi connectivity index (χ4n) is 2.07. The summed E-state index contributed by atoms with van der Waals surface area (Å²) in [6.45, 7) is 2.52. The highest BCUT2D eigenvalue weighted by atomic mass is 35.5. The number of nitrogens with two attached hydrogens (primary N) is 1. The SMILES string of the molecule is CCc1cc(C(=O)OC)n(Cc2cc(Cl)ccc2N)c1. The largest absolute Gasteiger partial charge is 0.464 e. The van der Waals surface area contributed by atoms with Gasteiger partial charge in [-0.05, 0) is 41.8 Å². The van der Waals surface area contributed by atoms with Crippen molar-refractivity contribution < 1.29 is 9.53 Å². The van der Waals surface area contributed by atoms with E-state index in [0.29, 0.717) is 22.9 Å². The second-order valence-corrected chi connectivity index (χ2v) is 4.99. The third-order valence-electron chi connectivity index (χ3n) is 3.20. The molecule has 0 fully saturated rings. The first kappa shape index (κ1) is 14.5. The minimum atomic E-state index is -0.356. The lowest BCUT2D eigenvalue weighted by atomic mass is 10.2. The van der Waals surface area contributed by atoms with Crippen LogP contribution in [0.3, 0.4) is 0 Å². The fourth-order valence-corrected chi connectivity index (χ4v) is 2.26. The first-order chi connectivity index (χ1) is 9.55. The van der Waals surface area contributed by atoms with Gasteiger partial charge in [0.2, 0.25) is 0 Å². The van der Waals surface area contributed by atoms with Crippen LogP contribution in [-0.2, 0) is 17.7 Å². The lowest BCUT2D eigenvalue weighted by Gasteiger charge is -2.10. The molecule has 0 saturated carbocycles. The average Bonchev–Trinajstić information content (AvgIpc) is 2.85. The molecule has 0 aliphatic carbocycles. The Morgan fingerprint density at radius 3 is 2.80 bits per heavy atom. The summed E-state index contributed by atoms with van der Waals surface area (Å²) < 4.78 is 6.65.